The lowest BCUT2D eigenvalue weighted by Gasteiger charge is -2.10. The van der Waals surface area contributed by atoms with Crippen LogP contribution in [0.4, 0.5) is 0 Å². The molecule has 0 N–H and O–H groups in total. The lowest BCUT2D eigenvalue weighted by atomic mass is 10.1. The molecule has 0 aliphatic carbocycles. The van der Waals surface area contributed by atoms with Crippen molar-refractivity contribution in [2.75, 3.05) is 0 Å². The highest BCUT2D eigenvalue weighted by Gasteiger charge is 2.03. The van der Waals surface area contributed by atoms with E-state index in [2.05, 4.69) is 91.0 Å². The summed E-state index contributed by atoms with van der Waals surface area (Å²) in [7, 11) is 0. The van der Waals surface area contributed by atoms with Crippen LogP contribution in [0.15, 0.2) is 133 Å². The highest BCUT2D eigenvalue weighted by Crippen LogP contribution is 2.24. The third-order valence-corrected chi connectivity index (χ3v) is 5.73. The summed E-state index contributed by atoms with van der Waals surface area (Å²) in [5.41, 5.74) is 7.01. The molecule has 2 nitrogen and oxygen atoms in total. The number of benzene rings is 5. The molecule has 166 valence electrons. The van der Waals surface area contributed by atoms with Crippen LogP contribution in [0.1, 0.15) is 11.1 Å². The summed E-state index contributed by atoms with van der Waals surface area (Å²) in [4.78, 5) is 0. The van der Waals surface area contributed by atoms with Crippen LogP contribution < -0.4 is 9.47 Å². The van der Waals surface area contributed by atoms with Crippen molar-refractivity contribution in [2.45, 2.75) is 13.2 Å². The second-order valence-electron chi connectivity index (χ2n) is 8.18. The zero-order chi connectivity index (χ0) is 23.0. The molecule has 0 atom stereocenters. The Morgan fingerprint density at radius 3 is 1.15 bits per heavy atom. The van der Waals surface area contributed by atoms with Crippen LogP contribution in [0.2, 0.25) is 0 Å². The van der Waals surface area contributed by atoms with E-state index in [1.807, 2.05) is 42.5 Å². The number of hydrogen-bond acceptors (Lipinski definition) is 2. The molecule has 5 aromatic rings. The molecule has 0 saturated heterocycles. The Kier molecular flexibility index (Phi) is 6.68. The van der Waals surface area contributed by atoms with Gasteiger partial charge < -0.3 is 9.47 Å². The Bertz CT molecular complexity index is 1210. The highest BCUT2D eigenvalue weighted by molar-refractivity contribution is 5.64. The average molecular weight is 443 g/mol. The first-order chi connectivity index (χ1) is 16.8. The minimum atomic E-state index is 0.518. The maximum Gasteiger partial charge on any atom is 0.119 e. The summed E-state index contributed by atoms with van der Waals surface area (Å²) >= 11 is 0. The topological polar surface area (TPSA) is 18.5 Å². The van der Waals surface area contributed by atoms with Gasteiger partial charge in [0, 0.05) is 0 Å². The van der Waals surface area contributed by atoms with Gasteiger partial charge >= 0.3 is 0 Å². The van der Waals surface area contributed by atoms with Crippen molar-refractivity contribution < 1.29 is 9.47 Å². The van der Waals surface area contributed by atoms with Crippen molar-refractivity contribution >= 4 is 0 Å². The fraction of sp³-hybridized carbons (Fsp3) is 0.0625. The van der Waals surface area contributed by atoms with Gasteiger partial charge in [-0.2, -0.15) is 0 Å². The monoisotopic (exact) mass is 442 g/mol. The van der Waals surface area contributed by atoms with Crippen LogP contribution in [0, 0.1) is 0 Å². The van der Waals surface area contributed by atoms with Crippen molar-refractivity contribution in [3.8, 4) is 33.8 Å². The SMILES string of the molecule is c1ccc(-c2ccc(OCc3cccc(COc4ccc(-c5ccccc5)cc4)c3)cc2)cc1. The van der Waals surface area contributed by atoms with Crippen molar-refractivity contribution in [1.82, 2.24) is 0 Å². The van der Waals surface area contributed by atoms with Crippen molar-refractivity contribution in [2.24, 2.45) is 0 Å². The van der Waals surface area contributed by atoms with Crippen LogP contribution in [0.25, 0.3) is 22.3 Å². The predicted molar refractivity (Wildman–Crippen MR) is 139 cm³/mol. The van der Waals surface area contributed by atoms with Gasteiger partial charge in [0.2, 0.25) is 0 Å². The van der Waals surface area contributed by atoms with E-state index in [0.717, 1.165) is 22.6 Å². The van der Waals surface area contributed by atoms with E-state index in [-0.39, 0.29) is 0 Å². The molecule has 5 aromatic carbocycles. The second kappa shape index (κ2) is 10.5. The summed E-state index contributed by atoms with van der Waals surface area (Å²) < 4.78 is 12.0. The highest BCUT2D eigenvalue weighted by atomic mass is 16.5. The van der Waals surface area contributed by atoms with Crippen molar-refractivity contribution in [3.05, 3.63) is 145 Å². The van der Waals surface area contributed by atoms with Gasteiger partial charge in [0.25, 0.3) is 0 Å². The Morgan fingerprint density at radius 1 is 0.353 bits per heavy atom. The first kappa shape index (κ1) is 21.5. The Balaban J connectivity index is 1.16. The van der Waals surface area contributed by atoms with E-state index in [0.29, 0.717) is 13.2 Å². The third kappa shape index (κ3) is 5.54. The summed E-state index contributed by atoms with van der Waals surface area (Å²) in [6.45, 7) is 1.04. The largest absolute Gasteiger partial charge is 0.489 e. The van der Waals surface area contributed by atoms with Crippen LogP contribution in [0.3, 0.4) is 0 Å². The molecule has 0 heterocycles. The lowest BCUT2D eigenvalue weighted by molar-refractivity contribution is 0.300. The molecular weight excluding hydrogens is 416 g/mol. The molecule has 0 bridgehead atoms. The normalized spacial score (nSPS) is 10.6. The fourth-order valence-electron chi connectivity index (χ4n) is 3.89. The lowest BCUT2D eigenvalue weighted by Crippen LogP contribution is -1.99. The fourth-order valence-corrected chi connectivity index (χ4v) is 3.89. The second-order valence-corrected chi connectivity index (χ2v) is 8.18. The van der Waals surface area contributed by atoms with E-state index in [9.17, 15) is 0 Å². The first-order valence-electron chi connectivity index (χ1n) is 11.5. The molecule has 0 aliphatic heterocycles. The quantitative estimate of drug-likeness (QED) is 0.241. The molecule has 0 fully saturated rings. The Morgan fingerprint density at radius 2 is 0.735 bits per heavy atom. The predicted octanol–water partition coefficient (Wildman–Crippen LogP) is 8.18. The van der Waals surface area contributed by atoms with E-state index in [1.165, 1.54) is 22.3 Å². The van der Waals surface area contributed by atoms with Gasteiger partial charge in [0.05, 0.1) is 0 Å². The van der Waals surface area contributed by atoms with E-state index >= 15 is 0 Å². The van der Waals surface area contributed by atoms with Crippen LogP contribution in [-0.4, -0.2) is 0 Å². The van der Waals surface area contributed by atoms with Gasteiger partial charge in [-0.05, 0) is 63.7 Å². The number of ether oxygens (including phenoxy) is 2. The van der Waals surface area contributed by atoms with Gasteiger partial charge in [0.1, 0.15) is 24.7 Å². The standard InChI is InChI=1S/C32H26O2/c1-3-10-27(11-4-1)29-14-18-31(19-15-29)33-23-25-8-7-9-26(22-25)24-34-32-20-16-30(17-21-32)28-12-5-2-6-13-28/h1-22H,23-24H2. The maximum atomic E-state index is 6.02. The molecule has 0 aliphatic rings. The van der Waals surface area contributed by atoms with E-state index in [4.69, 9.17) is 9.47 Å². The van der Waals surface area contributed by atoms with Crippen molar-refractivity contribution in [1.29, 1.82) is 0 Å². The Hall–Kier alpha value is -4.30. The molecule has 0 amide bonds. The van der Waals surface area contributed by atoms with E-state index in [1.54, 1.807) is 0 Å². The number of rotatable bonds is 8. The minimum absolute atomic E-state index is 0.518. The van der Waals surface area contributed by atoms with Gasteiger partial charge in [-0.1, -0.05) is 103 Å². The molecule has 0 radical (unpaired) electrons. The van der Waals surface area contributed by atoms with Crippen LogP contribution in [0.5, 0.6) is 11.5 Å². The molecule has 2 heteroatoms. The third-order valence-electron chi connectivity index (χ3n) is 5.73. The molecule has 0 saturated carbocycles. The molecule has 0 aromatic heterocycles. The van der Waals surface area contributed by atoms with Crippen molar-refractivity contribution in [3.63, 3.8) is 0 Å². The van der Waals surface area contributed by atoms with Crippen LogP contribution in [-0.2, 0) is 13.2 Å². The molecule has 0 unspecified atom stereocenters. The van der Waals surface area contributed by atoms with Gasteiger partial charge in [0.15, 0.2) is 0 Å². The summed E-state index contributed by atoms with van der Waals surface area (Å²) in [5.74, 6) is 1.72. The Labute approximate surface area is 201 Å². The van der Waals surface area contributed by atoms with Gasteiger partial charge in [-0.25, -0.2) is 0 Å². The van der Waals surface area contributed by atoms with Gasteiger partial charge in [-0.15, -0.1) is 0 Å². The first-order valence-corrected chi connectivity index (χ1v) is 11.5. The summed E-state index contributed by atoms with van der Waals surface area (Å²) in [5, 5.41) is 0. The van der Waals surface area contributed by atoms with Crippen LogP contribution >= 0.6 is 0 Å². The molecular formula is C32H26O2. The smallest absolute Gasteiger partial charge is 0.119 e. The zero-order valence-electron chi connectivity index (χ0n) is 18.9. The number of hydrogen-bond donors (Lipinski definition) is 0. The molecule has 5 rings (SSSR count). The average Bonchev–Trinajstić information content (AvgIpc) is 2.93. The maximum absolute atomic E-state index is 6.02. The molecule has 34 heavy (non-hydrogen) atoms. The van der Waals surface area contributed by atoms with E-state index < -0.39 is 0 Å². The molecule has 0 spiro atoms. The zero-order valence-corrected chi connectivity index (χ0v) is 18.9. The summed E-state index contributed by atoms with van der Waals surface area (Å²) in [6, 6.07) is 45.5. The minimum Gasteiger partial charge on any atom is -0.489 e. The van der Waals surface area contributed by atoms with Gasteiger partial charge in [-0.3, -0.25) is 0 Å². The summed E-state index contributed by atoms with van der Waals surface area (Å²) in [6.07, 6.45) is 0.